The van der Waals surface area contributed by atoms with Crippen LogP contribution in [0.2, 0.25) is 5.02 Å². The molecule has 0 aliphatic rings. The fourth-order valence-corrected chi connectivity index (χ4v) is 1.90. The standard InChI is InChI=1S/C14H14ClFN2/c1-10-4-2-6-12(18-10)9-17-8-11-5-3-7-13(15)14(11)16/h2-7,17H,8-9H2,1H3. The van der Waals surface area contributed by atoms with Gasteiger partial charge in [0.05, 0.1) is 10.7 Å². The topological polar surface area (TPSA) is 24.9 Å². The van der Waals surface area contributed by atoms with Crippen LogP contribution >= 0.6 is 11.6 Å². The molecule has 0 saturated heterocycles. The molecule has 2 rings (SSSR count). The second kappa shape index (κ2) is 5.94. The normalized spacial score (nSPS) is 10.6. The Balaban J connectivity index is 1.94. The van der Waals surface area contributed by atoms with Gasteiger partial charge in [-0.15, -0.1) is 0 Å². The maximum Gasteiger partial charge on any atom is 0.146 e. The third-order valence-electron chi connectivity index (χ3n) is 2.60. The molecule has 0 saturated carbocycles. The lowest BCUT2D eigenvalue weighted by Crippen LogP contribution is -2.14. The molecule has 2 aromatic rings. The third-order valence-corrected chi connectivity index (χ3v) is 2.89. The first kappa shape index (κ1) is 13.0. The summed E-state index contributed by atoms with van der Waals surface area (Å²) in [7, 11) is 0. The second-order valence-electron chi connectivity index (χ2n) is 4.09. The van der Waals surface area contributed by atoms with Crippen LogP contribution in [0.15, 0.2) is 36.4 Å². The van der Waals surface area contributed by atoms with Crippen LogP contribution in [0.5, 0.6) is 0 Å². The Morgan fingerprint density at radius 2 is 1.94 bits per heavy atom. The van der Waals surface area contributed by atoms with Crippen LogP contribution in [0.1, 0.15) is 17.0 Å². The van der Waals surface area contributed by atoms with Crippen molar-refractivity contribution in [3.8, 4) is 0 Å². The van der Waals surface area contributed by atoms with E-state index in [2.05, 4.69) is 10.3 Å². The van der Waals surface area contributed by atoms with E-state index in [1.807, 2.05) is 25.1 Å². The summed E-state index contributed by atoms with van der Waals surface area (Å²) in [6, 6.07) is 10.8. The van der Waals surface area contributed by atoms with Crippen molar-refractivity contribution in [2.24, 2.45) is 0 Å². The van der Waals surface area contributed by atoms with E-state index in [0.717, 1.165) is 11.4 Å². The van der Waals surface area contributed by atoms with Crippen LogP contribution in [0.3, 0.4) is 0 Å². The van der Waals surface area contributed by atoms with Crippen molar-refractivity contribution in [1.29, 1.82) is 0 Å². The summed E-state index contributed by atoms with van der Waals surface area (Å²) in [5, 5.41) is 3.31. The second-order valence-corrected chi connectivity index (χ2v) is 4.49. The zero-order valence-electron chi connectivity index (χ0n) is 10.1. The third kappa shape index (κ3) is 3.28. The molecule has 1 heterocycles. The van der Waals surface area contributed by atoms with Gasteiger partial charge in [-0.3, -0.25) is 4.98 Å². The van der Waals surface area contributed by atoms with E-state index in [1.54, 1.807) is 18.2 Å². The highest BCUT2D eigenvalue weighted by Crippen LogP contribution is 2.17. The van der Waals surface area contributed by atoms with Gasteiger partial charge in [0.2, 0.25) is 0 Å². The number of benzene rings is 1. The first-order valence-electron chi connectivity index (χ1n) is 5.73. The van der Waals surface area contributed by atoms with Crippen molar-refractivity contribution >= 4 is 11.6 Å². The molecule has 0 amide bonds. The highest BCUT2D eigenvalue weighted by molar-refractivity contribution is 6.30. The molecule has 1 aromatic heterocycles. The summed E-state index contributed by atoms with van der Waals surface area (Å²) < 4.78 is 13.6. The highest BCUT2D eigenvalue weighted by Gasteiger charge is 2.05. The lowest BCUT2D eigenvalue weighted by molar-refractivity contribution is 0.586. The van der Waals surface area contributed by atoms with Gasteiger partial charge in [-0.2, -0.15) is 0 Å². The van der Waals surface area contributed by atoms with Gasteiger partial charge in [-0.25, -0.2) is 4.39 Å². The first-order valence-corrected chi connectivity index (χ1v) is 6.11. The summed E-state index contributed by atoms with van der Waals surface area (Å²) in [6.07, 6.45) is 0. The maximum atomic E-state index is 13.6. The lowest BCUT2D eigenvalue weighted by atomic mass is 10.2. The van der Waals surface area contributed by atoms with E-state index in [4.69, 9.17) is 11.6 Å². The van der Waals surface area contributed by atoms with Gasteiger partial charge in [0.15, 0.2) is 0 Å². The zero-order valence-corrected chi connectivity index (χ0v) is 10.8. The Hall–Kier alpha value is -1.45. The molecule has 94 valence electrons. The van der Waals surface area contributed by atoms with Gasteiger partial charge in [0.1, 0.15) is 5.82 Å². The Morgan fingerprint density at radius 1 is 1.17 bits per heavy atom. The summed E-state index contributed by atoms with van der Waals surface area (Å²) >= 11 is 5.72. The van der Waals surface area contributed by atoms with E-state index in [1.165, 1.54) is 0 Å². The minimum Gasteiger partial charge on any atom is -0.307 e. The van der Waals surface area contributed by atoms with Crippen molar-refractivity contribution in [3.05, 3.63) is 64.2 Å². The number of hydrogen-bond acceptors (Lipinski definition) is 2. The lowest BCUT2D eigenvalue weighted by Gasteiger charge is -2.07. The number of halogens is 2. The van der Waals surface area contributed by atoms with Gasteiger partial charge in [-0.1, -0.05) is 29.8 Å². The molecule has 18 heavy (non-hydrogen) atoms. The van der Waals surface area contributed by atoms with Gasteiger partial charge in [0, 0.05) is 24.3 Å². The number of rotatable bonds is 4. The van der Waals surface area contributed by atoms with E-state index in [-0.39, 0.29) is 10.8 Å². The fraction of sp³-hybridized carbons (Fsp3) is 0.214. The number of aromatic nitrogens is 1. The predicted octanol–water partition coefficient (Wildman–Crippen LogP) is 3.47. The van der Waals surface area contributed by atoms with E-state index in [0.29, 0.717) is 18.7 Å². The van der Waals surface area contributed by atoms with E-state index < -0.39 is 0 Å². The zero-order chi connectivity index (χ0) is 13.0. The molecular formula is C14H14ClFN2. The van der Waals surface area contributed by atoms with Gasteiger partial charge in [0.25, 0.3) is 0 Å². The van der Waals surface area contributed by atoms with Crippen LogP contribution in [-0.4, -0.2) is 4.98 Å². The molecule has 0 bridgehead atoms. The quantitative estimate of drug-likeness (QED) is 0.915. The SMILES string of the molecule is Cc1cccc(CNCc2cccc(Cl)c2F)n1. The molecule has 2 nitrogen and oxygen atoms in total. The largest absolute Gasteiger partial charge is 0.307 e. The maximum absolute atomic E-state index is 13.6. The Bertz CT molecular complexity index is 543. The van der Waals surface area contributed by atoms with Crippen LogP contribution in [0.25, 0.3) is 0 Å². The minimum atomic E-state index is -0.358. The van der Waals surface area contributed by atoms with E-state index in [9.17, 15) is 4.39 Å². The van der Waals surface area contributed by atoms with E-state index >= 15 is 0 Å². The number of nitrogens with one attached hydrogen (secondary N) is 1. The molecule has 0 unspecified atom stereocenters. The molecule has 0 fully saturated rings. The average molecular weight is 265 g/mol. The Kier molecular flexibility index (Phi) is 4.28. The van der Waals surface area contributed by atoms with Gasteiger partial charge in [-0.05, 0) is 25.1 Å². The molecule has 0 spiro atoms. The number of pyridine rings is 1. The summed E-state index contributed by atoms with van der Waals surface area (Å²) in [6.45, 7) is 2.98. The molecule has 1 N–H and O–H groups in total. The molecule has 0 aliphatic heterocycles. The van der Waals surface area contributed by atoms with Crippen molar-refractivity contribution < 1.29 is 4.39 Å². The number of hydrogen-bond donors (Lipinski definition) is 1. The fourth-order valence-electron chi connectivity index (χ4n) is 1.71. The molecular weight excluding hydrogens is 251 g/mol. The number of aryl methyl sites for hydroxylation is 1. The van der Waals surface area contributed by atoms with Crippen molar-refractivity contribution in [2.75, 3.05) is 0 Å². The van der Waals surface area contributed by atoms with Crippen molar-refractivity contribution in [1.82, 2.24) is 10.3 Å². The Labute approximate surface area is 111 Å². The average Bonchev–Trinajstić information content (AvgIpc) is 2.35. The molecule has 4 heteroatoms. The summed E-state index contributed by atoms with van der Waals surface area (Å²) in [4.78, 5) is 4.36. The molecule has 1 aromatic carbocycles. The molecule has 0 aliphatic carbocycles. The van der Waals surface area contributed by atoms with Crippen LogP contribution < -0.4 is 5.32 Å². The van der Waals surface area contributed by atoms with Gasteiger partial charge >= 0.3 is 0 Å². The Morgan fingerprint density at radius 3 is 2.72 bits per heavy atom. The van der Waals surface area contributed by atoms with Crippen LogP contribution in [0.4, 0.5) is 4.39 Å². The molecule has 0 radical (unpaired) electrons. The van der Waals surface area contributed by atoms with Crippen molar-refractivity contribution in [2.45, 2.75) is 20.0 Å². The van der Waals surface area contributed by atoms with Crippen LogP contribution in [0, 0.1) is 12.7 Å². The van der Waals surface area contributed by atoms with Gasteiger partial charge < -0.3 is 5.32 Å². The predicted molar refractivity (Wildman–Crippen MR) is 70.9 cm³/mol. The first-order chi connectivity index (χ1) is 8.66. The molecule has 0 atom stereocenters. The minimum absolute atomic E-state index is 0.156. The smallest absolute Gasteiger partial charge is 0.146 e. The van der Waals surface area contributed by atoms with Crippen LogP contribution in [-0.2, 0) is 13.1 Å². The monoisotopic (exact) mass is 264 g/mol. The number of nitrogens with zero attached hydrogens (tertiary/aromatic N) is 1. The van der Waals surface area contributed by atoms with Crippen molar-refractivity contribution in [3.63, 3.8) is 0 Å². The highest BCUT2D eigenvalue weighted by atomic mass is 35.5. The summed E-state index contributed by atoms with van der Waals surface area (Å²) in [5.74, 6) is -0.358. The summed E-state index contributed by atoms with van der Waals surface area (Å²) in [5.41, 5.74) is 2.48.